The van der Waals surface area contributed by atoms with Gasteiger partial charge in [-0.05, 0) is 30.3 Å². The van der Waals surface area contributed by atoms with Crippen LogP contribution in [0.1, 0.15) is 10.4 Å². The standard InChI is InChI=1S/C15H7F4NO/c16-10-5-4-8(6-12(10)18)15-9(7-21)14-11(17)2-1-3-13(14)20(15)19/h1-7H. The molecular formula is C15H7F4NO. The van der Waals surface area contributed by atoms with E-state index in [1.54, 1.807) is 0 Å². The van der Waals surface area contributed by atoms with Gasteiger partial charge in [0.15, 0.2) is 17.9 Å². The Balaban J connectivity index is 2.42. The van der Waals surface area contributed by atoms with Gasteiger partial charge in [-0.15, -0.1) is 0 Å². The number of aromatic nitrogens is 1. The highest BCUT2D eigenvalue weighted by Gasteiger charge is 2.21. The first kappa shape index (κ1) is 13.4. The van der Waals surface area contributed by atoms with E-state index in [0.717, 1.165) is 24.3 Å². The van der Waals surface area contributed by atoms with Gasteiger partial charge >= 0.3 is 0 Å². The molecule has 1 heterocycles. The quantitative estimate of drug-likeness (QED) is 0.511. The summed E-state index contributed by atoms with van der Waals surface area (Å²) >= 11 is 0. The van der Waals surface area contributed by atoms with E-state index in [2.05, 4.69) is 0 Å². The lowest BCUT2D eigenvalue weighted by molar-refractivity contribution is 0.112. The number of carbonyl (C=O) groups excluding carboxylic acids is 1. The lowest BCUT2D eigenvalue weighted by atomic mass is 10.1. The van der Waals surface area contributed by atoms with Gasteiger partial charge in [-0.25, -0.2) is 13.2 Å². The Kier molecular flexibility index (Phi) is 3.01. The number of aldehydes is 1. The normalized spacial score (nSPS) is 11.0. The molecule has 106 valence electrons. The van der Waals surface area contributed by atoms with E-state index in [1.165, 1.54) is 12.1 Å². The Bertz CT molecular complexity index is 870. The van der Waals surface area contributed by atoms with Crippen LogP contribution in [0.15, 0.2) is 36.4 Å². The van der Waals surface area contributed by atoms with Crippen molar-refractivity contribution in [2.24, 2.45) is 0 Å². The molecule has 0 atom stereocenters. The van der Waals surface area contributed by atoms with Crippen molar-refractivity contribution < 1.29 is 22.4 Å². The van der Waals surface area contributed by atoms with Crippen molar-refractivity contribution >= 4 is 17.2 Å². The molecule has 0 aliphatic carbocycles. The molecule has 0 N–H and O–H groups in total. The third kappa shape index (κ3) is 1.91. The SMILES string of the molecule is O=Cc1c(-c2ccc(F)c(F)c2)n(F)c2cccc(F)c12. The molecule has 0 unspecified atom stereocenters. The summed E-state index contributed by atoms with van der Waals surface area (Å²) in [5, 5.41) is -0.199. The molecule has 0 aliphatic rings. The lowest BCUT2D eigenvalue weighted by Gasteiger charge is -2.03. The summed E-state index contributed by atoms with van der Waals surface area (Å²) in [6.07, 6.45) is 0.290. The van der Waals surface area contributed by atoms with Gasteiger partial charge in [0.05, 0.1) is 16.8 Å². The van der Waals surface area contributed by atoms with E-state index in [1.807, 2.05) is 0 Å². The molecule has 21 heavy (non-hydrogen) atoms. The molecule has 0 aliphatic heterocycles. The molecule has 1 aromatic heterocycles. The van der Waals surface area contributed by atoms with Gasteiger partial charge in [0.2, 0.25) is 0 Å². The zero-order chi connectivity index (χ0) is 15.1. The Morgan fingerprint density at radius 3 is 2.38 bits per heavy atom. The Labute approximate surface area is 116 Å². The summed E-state index contributed by atoms with van der Waals surface area (Å²) in [6, 6.07) is 6.35. The maximum Gasteiger partial charge on any atom is 0.159 e. The van der Waals surface area contributed by atoms with Gasteiger partial charge in [0, 0.05) is 10.9 Å². The Hall–Kier alpha value is -2.63. The molecule has 0 spiro atoms. The van der Waals surface area contributed by atoms with Crippen LogP contribution in [0, 0.1) is 17.5 Å². The fraction of sp³-hybridized carbons (Fsp3) is 0. The second-order valence-corrected chi connectivity index (χ2v) is 4.42. The van der Waals surface area contributed by atoms with Crippen LogP contribution in [-0.4, -0.2) is 11.1 Å². The number of rotatable bonds is 2. The van der Waals surface area contributed by atoms with Crippen LogP contribution >= 0.6 is 0 Å². The largest absolute Gasteiger partial charge is 0.298 e. The zero-order valence-corrected chi connectivity index (χ0v) is 10.4. The van der Waals surface area contributed by atoms with E-state index in [0.29, 0.717) is 0 Å². The summed E-state index contributed by atoms with van der Waals surface area (Å²) in [5.74, 6) is -3.05. The molecule has 2 aromatic carbocycles. The monoisotopic (exact) mass is 293 g/mol. The average Bonchev–Trinajstić information content (AvgIpc) is 2.76. The maximum absolute atomic E-state index is 14.3. The van der Waals surface area contributed by atoms with Crippen LogP contribution in [0.3, 0.4) is 0 Å². The molecular weight excluding hydrogens is 286 g/mol. The summed E-state index contributed by atoms with van der Waals surface area (Å²) in [5.41, 5.74) is -0.786. The first-order valence-corrected chi connectivity index (χ1v) is 5.94. The van der Waals surface area contributed by atoms with Crippen LogP contribution in [0.4, 0.5) is 17.7 Å². The third-order valence-corrected chi connectivity index (χ3v) is 3.23. The average molecular weight is 293 g/mol. The number of halogens is 4. The molecule has 3 rings (SSSR count). The minimum atomic E-state index is -1.19. The van der Waals surface area contributed by atoms with E-state index < -0.39 is 17.5 Å². The molecule has 0 saturated carbocycles. The van der Waals surface area contributed by atoms with Crippen LogP contribution in [-0.2, 0) is 0 Å². The molecule has 0 amide bonds. The highest BCUT2D eigenvalue weighted by molar-refractivity contribution is 6.05. The van der Waals surface area contributed by atoms with Gasteiger partial charge in [0.25, 0.3) is 0 Å². The van der Waals surface area contributed by atoms with Crippen molar-refractivity contribution in [2.45, 2.75) is 0 Å². The van der Waals surface area contributed by atoms with Crippen LogP contribution in [0.5, 0.6) is 0 Å². The molecule has 3 aromatic rings. The first-order valence-electron chi connectivity index (χ1n) is 5.94. The molecule has 6 heteroatoms. The van der Waals surface area contributed by atoms with E-state index >= 15 is 0 Å². The fourth-order valence-corrected chi connectivity index (χ4v) is 2.31. The third-order valence-electron chi connectivity index (χ3n) is 3.23. The van der Waals surface area contributed by atoms with Crippen molar-refractivity contribution in [3.05, 3.63) is 59.4 Å². The first-order chi connectivity index (χ1) is 10.0. The second kappa shape index (κ2) is 4.73. The molecule has 0 fully saturated rings. The van der Waals surface area contributed by atoms with Gasteiger partial charge in [0.1, 0.15) is 5.82 Å². The number of benzene rings is 2. The Morgan fingerprint density at radius 2 is 1.71 bits per heavy atom. The van der Waals surface area contributed by atoms with E-state index in [4.69, 9.17) is 0 Å². The van der Waals surface area contributed by atoms with Gasteiger partial charge in [-0.1, -0.05) is 10.5 Å². The van der Waals surface area contributed by atoms with Crippen molar-refractivity contribution in [3.8, 4) is 11.3 Å². The number of hydrogen-bond acceptors (Lipinski definition) is 1. The lowest BCUT2D eigenvalue weighted by Crippen LogP contribution is -1.92. The van der Waals surface area contributed by atoms with E-state index in [-0.39, 0.29) is 38.8 Å². The van der Waals surface area contributed by atoms with E-state index in [9.17, 15) is 22.4 Å². The van der Waals surface area contributed by atoms with Gasteiger partial charge < -0.3 is 0 Å². The summed E-state index contributed by atoms with van der Waals surface area (Å²) in [7, 11) is 0. The smallest absolute Gasteiger partial charge is 0.159 e. The minimum Gasteiger partial charge on any atom is -0.298 e. The number of fused-ring (bicyclic) bond motifs is 1. The predicted octanol–water partition coefficient (Wildman–Crippen LogP) is 4.27. The molecule has 2 nitrogen and oxygen atoms in total. The van der Waals surface area contributed by atoms with Crippen LogP contribution in [0.2, 0.25) is 0 Å². The number of hydrogen-bond donors (Lipinski definition) is 0. The number of carbonyl (C=O) groups is 1. The highest BCUT2D eigenvalue weighted by Crippen LogP contribution is 2.34. The summed E-state index contributed by atoms with van der Waals surface area (Å²) < 4.78 is 54.4. The fourth-order valence-electron chi connectivity index (χ4n) is 2.31. The Morgan fingerprint density at radius 1 is 0.952 bits per heavy atom. The van der Waals surface area contributed by atoms with Crippen molar-refractivity contribution in [1.29, 1.82) is 0 Å². The minimum absolute atomic E-state index is 0.0610. The molecule has 0 bridgehead atoms. The van der Waals surface area contributed by atoms with Crippen LogP contribution < -0.4 is 0 Å². The van der Waals surface area contributed by atoms with Crippen molar-refractivity contribution in [2.75, 3.05) is 0 Å². The topological polar surface area (TPSA) is 22.0 Å². The highest BCUT2D eigenvalue weighted by atomic mass is 19.2. The predicted molar refractivity (Wildman–Crippen MR) is 69.1 cm³/mol. The molecule has 0 saturated heterocycles. The zero-order valence-electron chi connectivity index (χ0n) is 10.4. The summed E-state index contributed by atoms with van der Waals surface area (Å²) in [6.45, 7) is 0. The second-order valence-electron chi connectivity index (χ2n) is 4.42. The molecule has 0 radical (unpaired) electrons. The van der Waals surface area contributed by atoms with Crippen LogP contribution in [0.25, 0.3) is 22.2 Å². The maximum atomic E-state index is 14.3. The van der Waals surface area contributed by atoms with Gasteiger partial charge in [-0.2, -0.15) is 4.79 Å². The van der Waals surface area contributed by atoms with Gasteiger partial charge in [-0.3, -0.25) is 4.79 Å². The van der Waals surface area contributed by atoms with Crippen molar-refractivity contribution in [1.82, 2.24) is 4.79 Å². The van der Waals surface area contributed by atoms with Crippen molar-refractivity contribution in [3.63, 3.8) is 0 Å². The summed E-state index contributed by atoms with van der Waals surface area (Å²) in [4.78, 5) is 11.3. The number of nitrogens with zero attached hydrogens (tertiary/aromatic N) is 1.